The molecular weight excluding hydrogens is 282 g/mol. The maximum atomic E-state index is 6.08. The lowest BCUT2D eigenvalue weighted by Crippen LogP contribution is -2.51. The number of hydrogen-bond donors (Lipinski definition) is 0. The van der Waals surface area contributed by atoms with Crippen LogP contribution < -0.4 is 0 Å². The van der Waals surface area contributed by atoms with E-state index in [0.717, 1.165) is 19.6 Å². The molecule has 1 aliphatic heterocycles. The first kappa shape index (κ1) is 16.6. The van der Waals surface area contributed by atoms with Gasteiger partial charge in [-0.2, -0.15) is 0 Å². The van der Waals surface area contributed by atoms with Crippen molar-refractivity contribution in [3.05, 3.63) is 48.2 Å². The molecule has 0 amide bonds. The minimum Gasteiger partial charge on any atom is -0.376 e. The van der Waals surface area contributed by atoms with Crippen molar-refractivity contribution in [3.63, 3.8) is 0 Å². The van der Waals surface area contributed by atoms with Gasteiger partial charge in [-0.15, -0.1) is 0 Å². The molecule has 0 aromatic heterocycles. The number of hydrogen-bond acceptors (Lipinski definition) is 2. The van der Waals surface area contributed by atoms with Crippen molar-refractivity contribution in [2.75, 3.05) is 6.61 Å². The molecule has 2 aliphatic rings. The Labute approximate surface area is 141 Å². The Morgan fingerprint density at radius 3 is 2.43 bits per heavy atom. The van der Waals surface area contributed by atoms with E-state index in [9.17, 15) is 0 Å². The second-order valence-corrected chi connectivity index (χ2v) is 8.78. The molecule has 1 unspecified atom stereocenters. The van der Waals surface area contributed by atoms with Crippen LogP contribution in [0.5, 0.6) is 0 Å². The van der Waals surface area contributed by atoms with Crippen LogP contribution in [0.1, 0.15) is 58.9 Å². The predicted molar refractivity (Wildman–Crippen MR) is 96.1 cm³/mol. The van der Waals surface area contributed by atoms with Gasteiger partial charge in [0.1, 0.15) is 0 Å². The average molecular weight is 313 g/mol. The molecule has 0 bridgehead atoms. The van der Waals surface area contributed by atoms with Crippen LogP contribution in [0.15, 0.2) is 42.6 Å². The Morgan fingerprint density at radius 1 is 1.13 bits per heavy atom. The molecule has 1 aromatic rings. The molecule has 1 aromatic carbocycles. The third kappa shape index (κ3) is 3.80. The van der Waals surface area contributed by atoms with Gasteiger partial charge in [-0.3, -0.25) is 0 Å². The van der Waals surface area contributed by atoms with E-state index in [1.165, 1.54) is 24.8 Å². The van der Waals surface area contributed by atoms with Crippen LogP contribution in [0.2, 0.25) is 0 Å². The number of benzene rings is 1. The van der Waals surface area contributed by atoms with E-state index in [1.54, 1.807) is 0 Å². The summed E-state index contributed by atoms with van der Waals surface area (Å²) in [6, 6.07) is 10.5. The van der Waals surface area contributed by atoms with Crippen LogP contribution in [-0.4, -0.2) is 22.6 Å². The molecule has 2 heteroatoms. The first-order valence-electron chi connectivity index (χ1n) is 8.91. The number of nitrogens with zero attached hydrogens (tertiary/aromatic N) is 1. The van der Waals surface area contributed by atoms with Crippen LogP contribution in [-0.2, 0) is 11.3 Å². The molecule has 1 fully saturated rings. The minimum atomic E-state index is 0.183. The van der Waals surface area contributed by atoms with E-state index in [4.69, 9.17) is 4.74 Å². The lowest BCUT2D eigenvalue weighted by atomic mass is 9.82. The second kappa shape index (κ2) is 5.98. The Balaban J connectivity index is 1.57. The standard InChI is InChI=1S/C21H31NO/c1-19(2,3)22-14-8-11-20(22,4)16-21(12-13-21)17-23-15-18-9-6-5-7-10-18/h5-10,14H,11-13,15-17H2,1-4H3. The summed E-state index contributed by atoms with van der Waals surface area (Å²) in [7, 11) is 0. The van der Waals surface area contributed by atoms with E-state index in [2.05, 4.69) is 75.2 Å². The summed E-state index contributed by atoms with van der Waals surface area (Å²) in [5, 5.41) is 0. The summed E-state index contributed by atoms with van der Waals surface area (Å²) in [5.41, 5.74) is 2.10. The highest BCUT2D eigenvalue weighted by Crippen LogP contribution is 2.55. The van der Waals surface area contributed by atoms with Gasteiger partial charge in [0.2, 0.25) is 0 Å². The minimum absolute atomic E-state index is 0.183. The molecule has 1 atom stereocenters. The second-order valence-electron chi connectivity index (χ2n) is 8.78. The zero-order chi connectivity index (χ0) is 16.6. The first-order chi connectivity index (χ1) is 10.8. The maximum absolute atomic E-state index is 6.08. The highest BCUT2D eigenvalue weighted by Gasteiger charge is 2.51. The first-order valence-corrected chi connectivity index (χ1v) is 8.91. The van der Waals surface area contributed by atoms with Crippen molar-refractivity contribution >= 4 is 0 Å². The van der Waals surface area contributed by atoms with Gasteiger partial charge < -0.3 is 9.64 Å². The SMILES string of the molecule is CC(C)(C)N1C=CCC1(C)CC1(COCc2ccccc2)CC1. The highest BCUT2D eigenvalue weighted by molar-refractivity contribution is 5.15. The van der Waals surface area contributed by atoms with Crippen LogP contribution in [0, 0.1) is 5.41 Å². The van der Waals surface area contributed by atoms with Crippen molar-refractivity contribution in [2.24, 2.45) is 5.41 Å². The zero-order valence-electron chi connectivity index (χ0n) is 15.1. The van der Waals surface area contributed by atoms with E-state index in [-0.39, 0.29) is 11.1 Å². The molecule has 3 rings (SSSR count). The van der Waals surface area contributed by atoms with Gasteiger partial charge in [0.25, 0.3) is 0 Å². The van der Waals surface area contributed by atoms with Crippen molar-refractivity contribution in [2.45, 2.75) is 71.1 Å². The van der Waals surface area contributed by atoms with E-state index in [1.807, 2.05) is 0 Å². The van der Waals surface area contributed by atoms with Gasteiger partial charge in [-0.1, -0.05) is 36.4 Å². The Bertz CT molecular complexity index is 553. The topological polar surface area (TPSA) is 12.5 Å². The summed E-state index contributed by atoms with van der Waals surface area (Å²) in [6.07, 6.45) is 9.67. The van der Waals surface area contributed by atoms with Gasteiger partial charge in [-0.25, -0.2) is 0 Å². The molecule has 1 aliphatic carbocycles. The molecular formula is C21H31NO. The Kier molecular flexibility index (Phi) is 4.31. The molecule has 126 valence electrons. The van der Waals surface area contributed by atoms with Crippen LogP contribution in [0.25, 0.3) is 0 Å². The lowest BCUT2D eigenvalue weighted by molar-refractivity contribution is 0.0227. The highest BCUT2D eigenvalue weighted by atomic mass is 16.5. The molecule has 23 heavy (non-hydrogen) atoms. The fourth-order valence-electron chi connectivity index (χ4n) is 4.20. The number of ether oxygens (including phenoxy) is 1. The fraction of sp³-hybridized carbons (Fsp3) is 0.619. The zero-order valence-corrected chi connectivity index (χ0v) is 15.1. The summed E-state index contributed by atoms with van der Waals surface area (Å²) < 4.78 is 6.08. The average Bonchev–Trinajstić information content (AvgIpc) is 3.11. The summed E-state index contributed by atoms with van der Waals surface area (Å²) in [4.78, 5) is 2.57. The van der Waals surface area contributed by atoms with E-state index >= 15 is 0 Å². The quantitative estimate of drug-likeness (QED) is 0.720. The Morgan fingerprint density at radius 2 is 1.83 bits per heavy atom. The molecule has 0 radical (unpaired) electrons. The maximum Gasteiger partial charge on any atom is 0.0717 e. The van der Waals surface area contributed by atoms with E-state index < -0.39 is 0 Å². The van der Waals surface area contributed by atoms with Crippen molar-refractivity contribution in [3.8, 4) is 0 Å². The van der Waals surface area contributed by atoms with Gasteiger partial charge in [-0.05, 0) is 70.6 Å². The van der Waals surface area contributed by atoms with Gasteiger partial charge in [0.15, 0.2) is 0 Å². The van der Waals surface area contributed by atoms with Crippen molar-refractivity contribution in [1.29, 1.82) is 0 Å². The molecule has 2 nitrogen and oxygen atoms in total. The molecule has 1 saturated carbocycles. The normalized spacial score (nSPS) is 25.8. The Hall–Kier alpha value is -1.28. The summed E-state index contributed by atoms with van der Waals surface area (Å²) >= 11 is 0. The van der Waals surface area contributed by atoms with Crippen LogP contribution in [0.4, 0.5) is 0 Å². The molecule has 1 heterocycles. The van der Waals surface area contributed by atoms with Crippen molar-refractivity contribution < 1.29 is 4.74 Å². The molecule has 0 N–H and O–H groups in total. The molecule has 0 saturated heterocycles. The van der Waals surface area contributed by atoms with Gasteiger partial charge >= 0.3 is 0 Å². The van der Waals surface area contributed by atoms with Crippen LogP contribution in [0.3, 0.4) is 0 Å². The van der Waals surface area contributed by atoms with Crippen molar-refractivity contribution in [1.82, 2.24) is 4.90 Å². The fourth-order valence-corrected chi connectivity index (χ4v) is 4.20. The summed E-state index contributed by atoms with van der Waals surface area (Å²) in [6.45, 7) is 11.0. The summed E-state index contributed by atoms with van der Waals surface area (Å²) in [5.74, 6) is 0. The van der Waals surface area contributed by atoms with E-state index in [0.29, 0.717) is 5.41 Å². The smallest absolute Gasteiger partial charge is 0.0717 e. The van der Waals surface area contributed by atoms with Crippen LogP contribution >= 0.6 is 0 Å². The monoisotopic (exact) mass is 313 g/mol. The number of rotatable bonds is 6. The van der Waals surface area contributed by atoms with Gasteiger partial charge in [0, 0.05) is 11.1 Å². The molecule has 0 spiro atoms. The largest absolute Gasteiger partial charge is 0.376 e. The third-order valence-corrected chi connectivity index (χ3v) is 5.35. The third-order valence-electron chi connectivity index (χ3n) is 5.35. The predicted octanol–water partition coefficient (Wildman–Crippen LogP) is 5.15. The lowest BCUT2D eigenvalue weighted by Gasteiger charge is -2.47. The van der Waals surface area contributed by atoms with Gasteiger partial charge in [0.05, 0.1) is 13.2 Å².